The van der Waals surface area contributed by atoms with E-state index in [0.717, 1.165) is 5.57 Å². The Morgan fingerprint density at radius 3 is 2.85 bits per heavy atom. The standard InChI is InChI=1S/C20H21NO5/c1-11(2)10-25-19-13(6-5-7-15(19)24-4)14-9-17(22)26-16-8-12(3)21-20(23)18(14)16/h5-8,14H,1,9-10H2,2-4H3,(H,21,23)/t14-/m0/s1. The third-order valence-corrected chi connectivity index (χ3v) is 4.18. The second kappa shape index (κ2) is 7.07. The molecule has 6 heteroatoms. The molecule has 2 aromatic rings. The van der Waals surface area contributed by atoms with E-state index in [9.17, 15) is 9.59 Å². The quantitative estimate of drug-likeness (QED) is 0.659. The van der Waals surface area contributed by atoms with Crippen molar-refractivity contribution in [3.8, 4) is 17.2 Å². The Balaban J connectivity index is 2.17. The second-order valence-electron chi connectivity index (χ2n) is 6.41. The van der Waals surface area contributed by atoms with Crippen LogP contribution in [-0.4, -0.2) is 24.7 Å². The predicted octanol–water partition coefficient (Wildman–Crippen LogP) is 3.09. The maximum atomic E-state index is 12.6. The van der Waals surface area contributed by atoms with Crippen molar-refractivity contribution in [3.05, 3.63) is 63.6 Å². The van der Waals surface area contributed by atoms with E-state index in [-0.39, 0.29) is 17.9 Å². The van der Waals surface area contributed by atoms with Crippen LogP contribution >= 0.6 is 0 Å². The van der Waals surface area contributed by atoms with Crippen molar-refractivity contribution < 1.29 is 19.0 Å². The average molecular weight is 355 g/mol. The Labute approximate surface area is 151 Å². The number of hydrogen-bond acceptors (Lipinski definition) is 5. The van der Waals surface area contributed by atoms with Gasteiger partial charge in [-0.25, -0.2) is 0 Å². The maximum Gasteiger partial charge on any atom is 0.312 e. The van der Waals surface area contributed by atoms with Gasteiger partial charge in [-0.3, -0.25) is 9.59 Å². The number of methoxy groups -OCH3 is 1. The molecule has 1 aromatic heterocycles. The fraction of sp³-hybridized carbons (Fsp3) is 0.300. The molecule has 1 aliphatic rings. The number of carbonyl (C=O) groups excluding carboxylic acids is 1. The molecule has 0 fully saturated rings. The lowest BCUT2D eigenvalue weighted by Crippen LogP contribution is -2.28. The van der Waals surface area contributed by atoms with Crippen LogP contribution in [0.4, 0.5) is 0 Å². The zero-order valence-electron chi connectivity index (χ0n) is 15.0. The summed E-state index contributed by atoms with van der Waals surface area (Å²) in [5.41, 5.74) is 2.33. The number of esters is 1. The minimum atomic E-state index is -0.481. The summed E-state index contributed by atoms with van der Waals surface area (Å²) >= 11 is 0. The van der Waals surface area contributed by atoms with Gasteiger partial charge in [0.2, 0.25) is 0 Å². The molecule has 0 bridgehead atoms. The van der Waals surface area contributed by atoms with E-state index in [1.54, 1.807) is 26.2 Å². The van der Waals surface area contributed by atoms with E-state index in [0.29, 0.717) is 40.7 Å². The molecule has 0 saturated carbocycles. The van der Waals surface area contributed by atoms with Crippen LogP contribution in [-0.2, 0) is 4.79 Å². The molecule has 0 radical (unpaired) electrons. The largest absolute Gasteiger partial charge is 0.493 e. The predicted molar refractivity (Wildman–Crippen MR) is 97.2 cm³/mol. The molecule has 26 heavy (non-hydrogen) atoms. The molecule has 0 unspecified atom stereocenters. The van der Waals surface area contributed by atoms with Gasteiger partial charge < -0.3 is 19.2 Å². The van der Waals surface area contributed by atoms with Gasteiger partial charge in [0.25, 0.3) is 5.56 Å². The minimum absolute atomic E-state index is 0.0513. The highest BCUT2D eigenvalue weighted by atomic mass is 16.5. The highest BCUT2D eigenvalue weighted by molar-refractivity contribution is 5.78. The number of nitrogens with one attached hydrogen (secondary N) is 1. The van der Waals surface area contributed by atoms with Gasteiger partial charge in [0.1, 0.15) is 12.4 Å². The highest BCUT2D eigenvalue weighted by Crippen LogP contribution is 2.43. The summed E-state index contributed by atoms with van der Waals surface area (Å²) < 4.78 is 16.6. The number of carbonyl (C=O) groups is 1. The molecule has 0 aliphatic carbocycles. The van der Waals surface area contributed by atoms with Gasteiger partial charge in [0.05, 0.1) is 19.1 Å². The van der Waals surface area contributed by atoms with Gasteiger partial charge >= 0.3 is 5.97 Å². The zero-order valence-corrected chi connectivity index (χ0v) is 15.0. The number of aryl methyl sites for hydroxylation is 1. The van der Waals surface area contributed by atoms with Crippen molar-refractivity contribution in [2.75, 3.05) is 13.7 Å². The van der Waals surface area contributed by atoms with Crippen molar-refractivity contribution in [1.29, 1.82) is 0 Å². The monoisotopic (exact) mass is 355 g/mol. The van der Waals surface area contributed by atoms with Crippen molar-refractivity contribution in [2.45, 2.75) is 26.2 Å². The van der Waals surface area contributed by atoms with Crippen molar-refractivity contribution in [3.63, 3.8) is 0 Å². The summed E-state index contributed by atoms with van der Waals surface area (Å²) in [6.45, 7) is 7.75. The number of rotatable bonds is 5. The van der Waals surface area contributed by atoms with E-state index in [2.05, 4.69) is 11.6 Å². The van der Waals surface area contributed by atoms with Crippen molar-refractivity contribution in [2.24, 2.45) is 0 Å². The molecular weight excluding hydrogens is 334 g/mol. The molecule has 0 amide bonds. The number of hydrogen-bond donors (Lipinski definition) is 1. The molecule has 1 N–H and O–H groups in total. The molecule has 136 valence electrons. The molecule has 1 aromatic carbocycles. The number of fused-ring (bicyclic) bond motifs is 1. The Morgan fingerprint density at radius 2 is 2.15 bits per heavy atom. The number of ether oxygens (including phenoxy) is 3. The molecule has 1 aliphatic heterocycles. The van der Waals surface area contributed by atoms with Gasteiger partial charge in [0, 0.05) is 23.2 Å². The first-order valence-electron chi connectivity index (χ1n) is 8.29. The number of aromatic nitrogens is 1. The van der Waals surface area contributed by atoms with Crippen molar-refractivity contribution in [1.82, 2.24) is 4.98 Å². The van der Waals surface area contributed by atoms with Gasteiger partial charge in [-0.05, 0) is 25.5 Å². The molecule has 6 nitrogen and oxygen atoms in total. The first kappa shape index (κ1) is 17.8. The summed E-state index contributed by atoms with van der Waals surface area (Å²) in [6, 6.07) is 7.08. The van der Waals surface area contributed by atoms with Crippen LogP contribution < -0.4 is 19.8 Å². The number of aromatic amines is 1. The minimum Gasteiger partial charge on any atom is -0.493 e. The van der Waals surface area contributed by atoms with Crippen LogP contribution in [0.15, 0.2) is 41.2 Å². The van der Waals surface area contributed by atoms with Crippen molar-refractivity contribution >= 4 is 5.97 Å². The highest BCUT2D eigenvalue weighted by Gasteiger charge is 2.34. The molecule has 0 saturated heterocycles. The van der Waals surface area contributed by atoms with Crippen LogP contribution in [0.3, 0.4) is 0 Å². The topological polar surface area (TPSA) is 77.6 Å². The fourth-order valence-electron chi connectivity index (χ4n) is 3.10. The third-order valence-electron chi connectivity index (χ3n) is 4.18. The third kappa shape index (κ3) is 3.35. The lowest BCUT2D eigenvalue weighted by Gasteiger charge is -2.26. The van der Waals surface area contributed by atoms with Crippen LogP contribution in [0, 0.1) is 6.92 Å². The first-order valence-corrected chi connectivity index (χ1v) is 8.29. The maximum absolute atomic E-state index is 12.6. The van der Waals surface area contributed by atoms with E-state index >= 15 is 0 Å². The van der Waals surface area contributed by atoms with Crippen LogP contribution in [0.1, 0.15) is 36.1 Å². The average Bonchev–Trinajstić information content (AvgIpc) is 2.58. The smallest absolute Gasteiger partial charge is 0.312 e. The zero-order chi connectivity index (χ0) is 18.8. The SMILES string of the molecule is C=C(C)COc1c(OC)cccc1[C@@H]1CC(=O)Oc2cc(C)[nH]c(=O)c21. The van der Waals surface area contributed by atoms with E-state index in [1.165, 1.54) is 0 Å². The fourth-order valence-corrected chi connectivity index (χ4v) is 3.10. The van der Waals surface area contributed by atoms with E-state index in [1.807, 2.05) is 19.1 Å². The van der Waals surface area contributed by atoms with Crippen LogP contribution in [0.25, 0.3) is 0 Å². The van der Waals surface area contributed by atoms with Gasteiger partial charge in [-0.1, -0.05) is 18.7 Å². The lowest BCUT2D eigenvalue weighted by atomic mass is 9.86. The summed E-state index contributed by atoms with van der Waals surface area (Å²) in [6.07, 6.45) is 0.0513. The van der Waals surface area contributed by atoms with Gasteiger partial charge in [-0.15, -0.1) is 0 Å². The van der Waals surface area contributed by atoms with Gasteiger partial charge in [0.15, 0.2) is 11.5 Å². The number of pyridine rings is 1. The first-order chi connectivity index (χ1) is 12.4. The molecule has 1 atom stereocenters. The normalized spacial score (nSPS) is 15.8. The number of H-pyrrole nitrogens is 1. The summed E-state index contributed by atoms with van der Waals surface area (Å²) in [5.74, 6) is 0.463. The molecular formula is C20H21NO5. The van der Waals surface area contributed by atoms with E-state index in [4.69, 9.17) is 14.2 Å². The second-order valence-corrected chi connectivity index (χ2v) is 6.41. The Hall–Kier alpha value is -3.02. The van der Waals surface area contributed by atoms with Crippen LogP contribution in [0.2, 0.25) is 0 Å². The van der Waals surface area contributed by atoms with E-state index < -0.39 is 5.92 Å². The number of para-hydroxylation sites is 1. The number of benzene rings is 1. The Bertz CT molecular complexity index is 928. The van der Waals surface area contributed by atoms with Crippen LogP contribution in [0.5, 0.6) is 17.2 Å². The summed E-state index contributed by atoms with van der Waals surface area (Å²) in [4.78, 5) is 27.5. The van der Waals surface area contributed by atoms with Gasteiger partial charge in [-0.2, -0.15) is 0 Å². The summed E-state index contributed by atoms with van der Waals surface area (Å²) in [5, 5.41) is 0. The summed E-state index contributed by atoms with van der Waals surface area (Å²) in [7, 11) is 1.55. The Kier molecular flexibility index (Phi) is 4.84. The molecule has 2 heterocycles. The Morgan fingerprint density at radius 1 is 1.38 bits per heavy atom. The lowest BCUT2D eigenvalue weighted by molar-refractivity contribution is -0.135. The molecule has 0 spiro atoms. The molecule has 3 rings (SSSR count).